The first-order valence-electron chi connectivity index (χ1n) is 10.4. The minimum atomic E-state index is -3.47. The number of thiazole rings is 1. The average Bonchev–Trinajstić information content (AvgIpc) is 3.40. The molecule has 2 heterocycles. The highest BCUT2D eigenvalue weighted by molar-refractivity contribution is 7.89. The van der Waals surface area contributed by atoms with E-state index in [0.717, 1.165) is 23.9 Å². The van der Waals surface area contributed by atoms with Crippen LogP contribution in [0.2, 0.25) is 0 Å². The second kappa shape index (κ2) is 8.93. The molecular formula is C21H29N3O2S2. The Bertz CT molecular complexity index is 865. The van der Waals surface area contributed by atoms with Crippen LogP contribution in [0, 0.1) is 0 Å². The molecule has 7 heteroatoms. The maximum Gasteiger partial charge on any atom is 0.240 e. The summed E-state index contributed by atoms with van der Waals surface area (Å²) in [4.78, 5) is 7.32. The third kappa shape index (κ3) is 4.75. The molecule has 0 atom stereocenters. The van der Waals surface area contributed by atoms with E-state index >= 15 is 0 Å². The van der Waals surface area contributed by atoms with Gasteiger partial charge in [-0.3, -0.25) is 0 Å². The van der Waals surface area contributed by atoms with E-state index in [1.165, 1.54) is 50.5 Å². The van der Waals surface area contributed by atoms with Gasteiger partial charge in [0.05, 0.1) is 10.6 Å². The molecule has 1 saturated carbocycles. The van der Waals surface area contributed by atoms with Crippen molar-refractivity contribution in [2.45, 2.75) is 62.2 Å². The molecule has 1 aromatic carbocycles. The molecule has 1 saturated heterocycles. The van der Waals surface area contributed by atoms with Crippen LogP contribution in [-0.2, 0) is 16.4 Å². The number of benzene rings is 1. The summed E-state index contributed by atoms with van der Waals surface area (Å²) < 4.78 is 27.9. The highest BCUT2D eigenvalue weighted by Gasteiger charge is 2.19. The van der Waals surface area contributed by atoms with Gasteiger partial charge in [-0.25, -0.2) is 18.1 Å². The zero-order valence-corrected chi connectivity index (χ0v) is 17.9. The van der Waals surface area contributed by atoms with E-state index in [-0.39, 0.29) is 0 Å². The number of aromatic nitrogens is 1. The van der Waals surface area contributed by atoms with Crippen LogP contribution in [0.5, 0.6) is 0 Å². The molecule has 4 rings (SSSR count). The summed E-state index contributed by atoms with van der Waals surface area (Å²) in [5.74, 6) is 0.591. The maximum absolute atomic E-state index is 12.6. The van der Waals surface area contributed by atoms with E-state index in [0.29, 0.717) is 23.8 Å². The van der Waals surface area contributed by atoms with Crippen molar-refractivity contribution in [3.8, 4) is 0 Å². The zero-order valence-electron chi connectivity index (χ0n) is 16.3. The van der Waals surface area contributed by atoms with Crippen molar-refractivity contribution in [2.24, 2.45) is 0 Å². The molecule has 0 amide bonds. The van der Waals surface area contributed by atoms with E-state index in [1.807, 2.05) is 17.5 Å². The van der Waals surface area contributed by atoms with Gasteiger partial charge in [0, 0.05) is 31.4 Å². The van der Waals surface area contributed by atoms with E-state index in [9.17, 15) is 8.42 Å². The largest absolute Gasteiger partial charge is 0.348 e. The van der Waals surface area contributed by atoms with E-state index in [4.69, 9.17) is 0 Å². The van der Waals surface area contributed by atoms with Crippen LogP contribution in [0.4, 0.5) is 5.13 Å². The molecule has 1 aromatic heterocycles. The number of anilines is 1. The summed E-state index contributed by atoms with van der Waals surface area (Å²) in [5.41, 5.74) is 2.23. The molecule has 2 aliphatic rings. The molecule has 5 nitrogen and oxygen atoms in total. The Balaban J connectivity index is 1.31. The van der Waals surface area contributed by atoms with Crippen LogP contribution < -0.4 is 9.62 Å². The van der Waals surface area contributed by atoms with Crippen molar-refractivity contribution < 1.29 is 8.42 Å². The standard InChI is InChI=1S/C21H29N3O2S2/c25-28(26,20-10-8-18(9-11-20)17-6-2-1-3-7-17)22-13-12-19-16-27-21(23-19)24-14-4-5-15-24/h8-11,16-17,22H,1-7,12-15H2. The maximum atomic E-state index is 12.6. The summed E-state index contributed by atoms with van der Waals surface area (Å²) in [6.45, 7) is 2.53. The molecule has 0 bridgehead atoms. The normalized spacial score (nSPS) is 18.6. The molecule has 1 aliphatic heterocycles. The van der Waals surface area contributed by atoms with Crippen molar-refractivity contribution in [3.63, 3.8) is 0 Å². The summed E-state index contributed by atoms with van der Waals surface area (Å²) in [7, 11) is -3.47. The quantitative estimate of drug-likeness (QED) is 0.726. The monoisotopic (exact) mass is 419 g/mol. The number of hydrogen-bond donors (Lipinski definition) is 1. The predicted octanol–water partition coefficient (Wildman–Crippen LogP) is 4.31. The minimum Gasteiger partial charge on any atom is -0.348 e. The highest BCUT2D eigenvalue weighted by Crippen LogP contribution is 2.32. The molecule has 2 aromatic rings. The highest BCUT2D eigenvalue weighted by atomic mass is 32.2. The number of nitrogens with one attached hydrogen (secondary N) is 1. The van der Waals surface area contributed by atoms with Crippen LogP contribution >= 0.6 is 11.3 Å². The third-order valence-corrected chi connectivity index (χ3v) is 8.28. The predicted molar refractivity (Wildman–Crippen MR) is 115 cm³/mol. The summed E-state index contributed by atoms with van der Waals surface area (Å²) in [6.07, 6.45) is 9.40. The molecule has 152 valence electrons. The Morgan fingerprint density at radius 1 is 1.04 bits per heavy atom. The van der Waals surface area contributed by atoms with Crippen LogP contribution in [0.1, 0.15) is 62.1 Å². The van der Waals surface area contributed by atoms with Crippen LogP contribution in [0.15, 0.2) is 34.5 Å². The number of rotatable bonds is 7. The first-order valence-corrected chi connectivity index (χ1v) is 12.8. The second-order valence-electron chi connectivity index (χ2n) is 7.87. The van der Waals surface area contributed by atoms with Crippen molar-refractivity contribution in [1.82, 2.24) is 9.71 Å². The molecule has 0 radical (unpaired) electrons. The summed E-state index contributed by atoms with van der Waals surface area (Å²) in [6, 6.07) is 7.49. The lowest BCUT2D eigenvalue weighted by Gasteiger charge is -2.22. The first-order chi connectivity index (χ1) is 13.6. The summed E-state index contributed by atoms with van der Waals surface area (Å²) >= 11 is 1.65. The molecule has 0 unspecified atom stereocenters. The van der Waals surface area contributed by atoms with Crippen molar-refractivity contribution in [2.75, 3.05) is 24.5 Å². The average molecular weight is 420 g/mol. The van der Waals surface area contributed by atoms with Gasteiger partial charge in [-0.05, 0) is 49.3 Å². The summed E-state index contributed by atoms with van der Waals surface area (Å²) in [5, 5.41) is 3.11. The Labute approximate surface area is 172 Å². The van der Waals surface area contributed by atoms with Crippen molar-refractivity contribution >= 4 is 26.5 Å². The van der Waals surface area contributed by atoms with Gasteiger partial charge < -0.3 is 4.90 Å². The fourth-order valence-corrected chi connectivity index (χ4v) is 6.16. The fourth-order valence-electron chi connectivity index (χ4n) is 4.22. The molecule has 28 heavy (non-hydrogen) atoms. The van der Waals surface area contributed by atoms with Gasteiger partial charge in [0.15, 0.2) is 5.13 Å². The molecule has 1 aliphatic carbocycles. The third-order valence-electron chi connectivity index (χ3n) is 5.86. The van der Waals surface area contributed by atoms with Crippen molar-refractivity contribution in [3.05, 3.63) is 40.9 Å². The molecule has 2 fully saturated rings. The second-order valence-corrected chi connectivity index (χ2v) is 10.5. The van der Waals surface area contributed by atoms with Gasteiger partial charge in [0.2, 0.25) is 10.0 Å². The lowest BCUT2D eigenvalue weighted by molar-refractivity contribution is 0.443. The number of nitrogens with zero attached hydrogens (tertiary/aromatic N) is 2. The molecular weight excluding hydrogens is 390 g/mol. The number of hydrogen-bond acceptors (Lipinski definition) is 5. The van der Waals surface area contributed by atoms with Crippen LogP contribution in [0.25, 0.3) is 0 Å². The van der Waals surface area contributed by atoms with Crippen molar-refractivity contribution in [1.29, 1.82) is 0 Å². The first kappa shape index (κ1) is 19.9. The lowest BCUT2D eigenvalue weighted by atomic mass is 9.84. The topological polar surface area (TPSA) is 62.3 Å². The SMILES string of the molecule is O=S(=O)(NCCc1csc(N2CCCC2)n1)c1ccc(C2CCCCC2)cc1. The fraction of sp³-hybridized carbons (Fsp3) is 0.571. The van der Waals surface area contributed by atoms with Gasteiger partial charge in [0.25, 0.3) is 0 Å². The smallest absolute Gasteiger partial charge is 0.240 e. The van der Waals surface area contributed by atoms with E-state index in [1.54, 1.807) is 23.5 Å². The molecule has 0 spiro atoms. The van der Waals surface area contributed by atoms with Gasteiger partial charge >= 0.3 is 0 Å². The van der Waals surface area contributed by atoms with Crippen LogP contribution in [-0.4, -0.2) is 33.0 Å². The zero-order chi connectivity index (χ0) is 19.4. The van der Waals surface area contributed by atoms with Gasteiger partial charge in [-0.15, -0.1) is 11.3 Å². The van der Waals surface area contributed by atoms with Gasteiger partial charge in [-0.1, -0.05) is 31.4 Å². The Morgan fingerprint density at radius 2 is 1.75 bits per heavy atom. The Morgan fingerprint density at radius 3 is 2.46 bits per heavy atom. The minimum absolute atomic E-state index is 0.350. The Hall–Kier alpha value is -1.44. The van der Waals surface area contributed by atoms with E-state index in [2.05, 4.69) is 14.6 Å². The molecule has 1 N–H and O–H groups in total. The Kier molecular flexibility index (Phi) is 6.33. The van der Waals surface area contributed by atoms with E-state index < -0.39 is 10.0 Å². The van der Waals surface area contributed by atoms with Gasteiger partial charge in [0.1, 0.15) is 0 Å². The lowest BCUT2D eigenvalue weighted by Crippen LogP contribution is -2.26. The van der Waals surface area contributed by atoms with Crippen LogP contribution in [0.3, 0.4) is 0 Å². The number of sulfonamides is 1. The van der Waals surface area contributed by atoms with Gasteiger partial charge in [-0.2, -0.15) is 0 Å².